The maximum atomic E-state index is 12.6. The van der Waals surface area contributed by atoms with E-state index in [9.17, 15) is 14.4 Å². The minimum absolute atomic E-state index is 0.0306. The molecular weight excluding hydrogens is 422 g/mol. The third-order valence-electron chi connectivity index (χ3n) is 5.43. The molecule has 2 N–H and O–H groups in total. The molecule has 2 aromatic carbocycles. The molecule has 0 unspecified atom stereocenters. The Morgan fingerprint density at radius 3 is 2.45 bits per heavy atom. The number of ether oxygens (including phenoxy) is 1. The van der Waals surface area contributed by atoms with Crippen LogP contribution in [0.25, 0.3) is 5.69 Å². The van der Waals surface area contributed by atoms with Crippen molar-refractivity contribution in [3.63, 3.8) is 0 Å². The van der Waals surface area contributed by atoms with Gasteiger partial charge in [-0.15, -0.1) is 5.10 Å². The zero-order chi connectivity index (χ0) is 23.2. The minimum atomic E-state index is -0.753. The molecule has 0 bridgehead atoms. The first kappa shape index (κ1) is 22.2. The number of benzene rings is 2. The van der Waals surface area contributed by atoms with Gasteiger partial charge in [-0.2, -0.15) is 9.90 Å². The zero-order valence-electron chi connectivity index (χ0n) is 18.3. The van der Waals surface area contributed by atoms with E-state index >= 15 is 0 Å². The largest absolute Gasteiger partial charge is 0.451 e. The Balaban J connectivity index is 1.36. The molecule has 2 amide bonds. The Morgan fingerprint density at radius 2 is 1.70 bits per heavy atom. The number of anilines is 1. The van der Waals surface area contributed by atoms with E-state index in [0.29, 0.717) is 22.6 Å². The fourth-order valence-corrected chi connectivity index (χ4v) is 3.75. The second kappa shape index (κ2) is 10.1. The molecule has 9 nitrogen and oxygen atoms in total. The summed E-state index contributed by atoms with van der Waals surface area (Å²) >= 11 is 0. The van der Waals surface area contributed by atoms with Crippen molar-refractivity contribution >= 4 is 23.5 Å². The summed E-state index contributed by atoms with van der Waals surface area (Å²) in [5.74, 6) is -1.54. The van der Waals surface area contributed by atoms with Crippen LogP contribution < -0.4 is 10.6 Å². The average Bonchev–Trinajstić information content (AvgIpc) is 3.48. The molecule has 33 heavy (non-hydrogen) atoms. The lowest BCUT2D eigenvalue weighted by Gasteiger charge is -2.15. The van der Waals surface area contributed by atoms with Gasteiger partial charge in [-0.05, 0) is 44.0 Å². The third kappa shape index (κ3) is 5.43. The van der Waals surface area contributed by atoms with E-state index in [-0.39, 0.29) is 17.6 Å². The van der Waals surface area contributed by atoms with Crippen molar-refractivity contribution in [3.05, 3.63) is 71.5 Å². The molecule has 4 rings (SSSR count). The van der Waals surface area contributed by atoms with E-state index in [0.717, 1.165) is 25.7 Å². The highest BCUT2D eigenvalue weighted by molar-refractivity contribution is 6.04. The van der Waals surface area contributed by atoms with E-state index in [2.05, 4.69) is 20.8 Å². The summed E-state index contributed by atoms with van der Waals surface area (Å²) in [5.41, 5.74) is 1.84. The molecule has 0 saturated heterocycles. The number of para-hydroxylation sites is 2. The number of amides is 2. The maximum absolute atomic E-state index is 12.6. The van der Waals surface area contributed by atoms with Gasteiger partial charge >= 0.3 is 5.97 Å². The summed E-state index contributed by atoms with van der Waals surface area (Å²) in [6.07, 6.45) is 4.13. The highest BCUT2D eigenvalue weighted by atomic mass is 16.5. The molecule has 1 aliphatic carbocycles. The molecule has 1 aromatic heterocycles. The Morgan fingerprint density at radius 1 is 1.00 bits per heavy atom. The van der Waals surface area contributed by atoms with Crippen molar-refractivity contribution in [2.75, 3.05) is 11.9 Å². The van der Waals surface area contributed by atoms with Gasteiger partial charge in [0, 0.05) is 6.04 Å². The monoisotopic (exact) mass is 447 g/mol. The summed E-state index contributed by atoms with van der Waals surface area (Å²) in [6.45, 7) is 1.12. The Bertz CT molecular complexity index is 1150. The molecule has 0 atom stereocenters. The fourth-order valence-electron chi connectivity index (χ4n) is 3.75. The Kier molecular flexibility index (Phi) is 6.77. The molecule has 1 saturated carbocycles. The first-order valence-corrected chi connectivity index (χ1v) is 10.9. The zero-order valence-corrected chi connectivity index (χ0v) is 18.3. The van der Waals surface area contributed by atoms with Crippen LogP contribution in [0.2, 0.25) is 0 Å². The van der Waals surface area contributed by atoms with Gasteiger partial charge < -0.3 is 15.4 Å². The second-order valence-electron chi connectivity index (χ2n) is 7.88. The number of hydrogen-bond donors (Lipinski definition) is 2. The fraction of sp³-hybridized carbons (Fsp3) is 0.292. The van der Waals surface area contributed by atoms with Crippen molar-refractivity contribution < 1.29 is 19.1 Å². The van der Waals surface area contributed by atoms with E-state index in [4.69, 9.17) is 4.74 Å². The number of carbonyl (C=O) groups excluding carboxylic acids is 3. The predicted molar refractivity (Wildman–Crippen MR) is 121 cm³/mol. The van der Waals surface area contributed by atoms with Gasteiger partial charge in [0.25, 0.3) is 11.8 Å². The lowest BCUT2D eigenvalue weighted by molar-refractivity contribution is -0.119. The van der Waals surface area contributed by atoms with Gasteiger partial charge in [0.2, 0.25) is 0 Å². The second-order valence-corrected chi connectivity index (χ2v) is 7.88. The minimum Gasteiger partial charge on any atom is -0.451 e. The predicted octanol–water partition coefficient (Wildman–Crippen LogP) is 3.04. The van der Waals surface area contributed by atoms with E-state index in [1.54, 1.807) is 31.2 Å². The van der Waals surface area contributed by atoms with Crippen LogP contribution in [0, 0.1) is 6.92 Å². The first-order valence-electron chi connectivity index (χ1n) is 10.9. The topological polar surface area (TPSA) is 115 Å². The Hall–Kier alpha value is -4.01. The van der Waals surface area contributed by atoms with Crippen LogP contribution in [-0.2, 0) is 9.53 Å². The van der Waals surface area contributed by atoms with Gasteiger partial charge in [0.05, 0.1) is 22.6 Å². The summed E-state index contributed by atoms with van der Waals surface area (Å²) < 4.78 is 5.13. The smallest absolute Gasteiger partial charge is 0.361 e. The van der Waals surface area contributed by atoms with Crippen LogP contribution in [0.1, 0.15) is 52.2 Å². The number of nitrogens with zero attached hydrogens (tertiary/aromatic N) is 3. The van der Waals surface area contributed by atoms with Gasteiger partial charge in [-0.3, -0.25) is 9.59 Å². The quantitative estimate of drug-likeness (QED) is 0.538. The molecule has 3 aromatic rings. The maximum Gasteiger partial charge on any atom is 0.361 e. The number of aromatic nitrogens is 3. The molecular formula is C24H25N5O4. The van der Waals surface area contributed by atoms with Crippen LogP contribution in [0.15, 0.2) is 54.6 Å². The lowest BCUT2D eigenvalue weighted by atomic mass is 10.1. The van der Waals surface area contributed by atoms with Crippen LogP contribution in [0.4, 0.5) is 5.69 Å². The van der Waals surface area contributed by atoms with Gasteiger partial charge in [0.15, 0.2) is 12.3 Å². The van der Waals surface area contributed by atoms with Gasteiger partial charge in [0.1, 0.15) is 0 Å². The van der Waals surface area contributed by atoms with Crippen LogP contribution >= 0.6 is 0 Å². The van der Waals surface area contributed by atoms with Crippen LogP contribution in [0.3, 0.4) is 0 Å². The standard InChI is InChI=1S/C24H25N5O4/c1-16-22(28-29(27-16)18-11-3-2-4-12-18)24(32)33-15-21(30)26-20-14-8-7-13-19(20)23(31)25-17-9-5-6-10-17/h2-4,7-8,11-14,17H,5-6,9-10,15H2,1H3,(H,25,31)(H,26,30). The molecule has 1 heterocycles. The molecule has 0 spiro atoms. The average molecular weight is 447 g/mol. The van der Waals surface area contributed by atoms with E-state index in [1.807, 2.05) is 30.3 Å². The van der Waals surface area contributed by atoms with Gasteiger partial charge in [-0.1, -0.05) is 43.2 Å². The lowest BCUT2D eigenvalue weighted by Crippen LogP contribution is -2.33. The van der Waals surface area contributed by atoms with Crippen molar-refractivity contribution in [3.8, 4) is 5.69 Å². The Labute approximate surface area is 191 Å². The number of nitrogens with one attached hydrogen (secondary N) is 2. The van der Waals surface area contributed by atoms with E-state index in [1.165, 1.54) is 4.80 Å². The SMILES string of the molecule is Cc1nn(-c2ccccc2)nc1C(=O)OCC(=O)Nc1ccccc1C(=O)NC1CCCC1. The number of hydrogen-bond acceptors (Lipinski definition) is 6. The number of rotatable bonds is 7. The van der Waals surface area contributed by atoms with Crippen LogP contribution in [0.5, 0.6) is 0 Å². The third-order valence-corrected chi connectivity index (χ3v) is 5.43. The number of aryl methyl sites for hydroxylation is 1. The van der Waals surface area contributed by atoms with E-state index < -0.39 is 18.5 Å². The number of esters is 1. The normalized spacial score (nSPS) is 13.5. The van der Waals surface area contributed by atoms with Crippen molar-refractivity contribution in [1.29, 1.82) is 0 Å². The highest BCUT2D eigenvalue weighted by Gasteiger charge is 2.22. The summed E-state index contributed by atoms with van der Waals surface area (Å²) in [4.78, 5) is 38.9. The van der Waals surface area contributed by atoms with Crippen LogP contribution in [-0.4, -0.2) is 45.4 Å². The molecule has 9 heteroatoms. The summed E-state index contributed by atoms with van der Waals surface area (Å²) in [5, 5.41) is 14.1. The van der Waals surface area contributed by atoms with Crippen molar-refractivity contribution in [1.82, 2.24) is 20.3 Å². The highest BCUT2D eigenvalue weighted by Crippen LogP contribution is 2.20. The summed E-state index contributed by atoms with van der Waals surface area (Å²) in [6, 6.07) is 16.1. The van der Waals surface area contributed by atoms with Crippen molar-refractivity contribution in [2.45, 2.75) is 38.6 Å². The molecule has 0 radical (unpaired) electrons. The molecule has 1 fully saturated rings. The number of carbonyl (C=O) groups is 3. The van der Waals surface area contributed by atoms with Gasteiger partial charge in [-0.25, -0.2) is 4.79 Å². The first-order chi connectivity index (χ1) is 16.0. The molecule has 0 aliphatic heterocycles. The molecule has 170 valence electrons. The molecule has 1 aliphatic rings. The summed E-state index contributed by atoms with van der Waals surface area (Å²) in [7, 11) is 0. The van der Waals surface area contributed by atoms with Crippen molar-refractivity contribution in [2.24, 2.45) is 0 Å².